The van der Waals surface area contributed by atoms with Gasteiger partial charge >= 0.3 is 0 Å². The lowest BCUT2D eigenvalue weighted by molar-refractivity contribution is 0.207. The van der Waals surface area contributed by atoms with Crippen molar-refractivity contribution in [2.24, 2.45) is 5.92 Å². The Kier molecular flexibility index (Phi) is 14.2. The van der Waals surface area contributed by atoms with Gasteiger partial charge in [0.1, 0.15) is 0 Å². The molecule has 1 N–H and O–H groups in total. The Bertz CT molecular complexity index is 76.2. The van der Waals surface area contributed by atoms with Crippen LogP contribution >= 0.6 is 17.0 Å². The first-order valence-corrected chi connectivity index (χ1v) is 4.96. The summed E-state index contributed by atoms with van der Waals surface area (Å²) in [4.78, 5) is 0. The van der Waals surface area contributed by atoms with Crippen LogP contribution in [0.5, 0.6) is 0 Å². The molecule has 0 saturated heterocycles. The van der Waals surface area contributed by atoms with E-state index < -0.39 is 0 Å². The summed E-state index contributed by atoms with van der Waals surface area (Å²) in [5, 5.41) is 8.96. The van der Waals surface area contributed by atoms with Crippen LogP contribution in [0.2, 0.25) is 0 Å². The van der Waals surface area contributed by atoms with E-state index in [2.05, 4.69) is 13.8 Å². The minimum absolute atomic E-state index is 0. The molecule has 0 spiro atoms. The summed E-state index contributed by atoms with van der Waals surface area (Å²) in [6.07, 6.45) is 7.52. The molecule has 0 rings (SSSR count). The maximum absolute atomic E-state index is 8.96. The smallest absolute Gasteiger partial charge is 0.0459 e. The molecule has 1 unspecified atom stereocenters. The van der Waals surface area contributed by atoms with Crippen molar-refractivity contribution >= 4 is 17.0 Å². The van der Waals surface area contributed by atoms with Gasteiger partial charge in [0.25, 0.3) is 0 Å². The Balaban J connectivity index is 0. The molecular formula is C10H23BrO. The van der Waals surface area contributed by atoms with Crippen LogP contribution in [-0.2, 0) is 0 Å². The van der Waals surface area contributed by atoms with Crippen molar-refractivity contribution in [1.29, 1.82) is 0 Å². The van der Waals surface area contributed by atoms with E-state index in [0.29, 0.717) is 12.5 Å². The molecule has 0 aliphatic rings. The fourth-order valence-electron chi connectivity index (χ4n) is 1.42. The van der Waals surface area contributed by atoms with Crippen molar-refractivity contribution in [3.8, 4) is 0 Å². The Morgan fingerprint density at radius 1 is 1.00 bits per heavy atom. The van der Waals surface area contributed by atoms with Gasteiger partial charge in [-0.15, -0.1) is 17.0 Å². The SMILES string of the molecule is Br.CCCCCC(CO)CCC. The summed E-state index contributed by atoms with van der Waals surface area (Å²) in [6, 6.07) is 0. The number of hydrogen-bond acceptors (Lipinski definition) is 1. The Labute approximate surface area is 87.3 Å². The molecular weight excluding hydrogens is 216 g/mol. The standard InChI is InChI=1S/C10H22O.BrH/c1-3-5-6-8-10(9-11)7-4-2;/h10-11H,3-9H2,1-2H3;1H. The second-order valence-corrected chi connectivity index (χ2v) is 3.33. The molecule has 1 atom stereocenters. The van der Waals surface area contributed by atoms with E-state index >= 15 is 0 Å². The van der Waals surface area contributed by atoms with Crippen molar-refractivity contribution < 1.29 is 5.11 Å². The van der Waals surface area contributed by atoms with Gasteiger partial charge < -0.3 is 5.11 Å². The van der Waals surface area contributed by atoms with Gasteiger partial charge in [0.2, 0.25) is 0 Å². The number of rotatable bonds is 7. The zero-order valence-corrected chi connectivity index (χ0v) is 10.1. The van der Waals surface area contributed by atoms with E-state index in [9.17, 15) is 0 Å². The molecule has 2 heteroatoms. The predicted molar refractivity (Wildman–Crippen MR) is 59.9 cm³/mol. The van der Waals surface area contributed by atoms with Crippen molar-refractivity contribution in [3.63, 3.8) is 0 Å². The second-order valence-electron chi connectivity index (χ2n) is 3.33. The van der Waals surface area contributed by atoms with Gasteiger partial charge in [-0.25, -0.2) is 0 Å². The molecule has 0 aliphatic carbocycles. The van der Waals surface area contributed by atoms with Crippen LogP contribution < -0.4 is 0 Å². The summed E-state index contributed by atoms with van der Waals surface area (Å²) >= 11 is 0. The molecule has 0 aromatic rings. The molecule has 0 aliphatic heterocycles. The first-order chi connectivity index (χ1) is 5.35. The maximum Gasteiger partial charge on any atom is 0.0459 e. The summed E-state index contributed by atoms with van der Waals surface area (Å²) < 4.78 is 0. The molecule has 0 amide bonds. The maximum atomic E-state index is 8.96. The van der Waals surface area contributed by atoms with E-state index in [1.54, 1.807) is 0 Å². The average molecular weight is 239 g/mol. The zero-order chi connectivity index (χ0) is 8.53. The third-order valence-corrected chi connectivity index (χ3v) is 2.17. The highest BCUT2D eigenvalue weighted by Gasteiger charge is 2.04. The van der Waals surface area contributed by atoms with Crippen LogP contribution in [0.4, 0.5) is 0 Å². The van der Waals surface area contributed by atoms with Gasteiger partial charge in [-0.2, -0.15) is 0 Å². The van der Waals surface area contributed by atoms with E-state index in [1.165, 1.54) is 38.5 Å². The van der Waals surface area contributed by atoms with Gasteiger partial charge in [0.15, 0.2) is 0 Å². The Morgan fingerprint density at radius 3 is 2.08 bits per heavy atom. The molecule has 0 aromatic carbocycles. The van der Waals surface area contributed by atoms with Gasteiger partial charge in [0, 0.05) is 6.61 Å². The van der Waals surface area contributed by atoms with Gasteiger partial charge in [0.05, 0.1) is 0 Å². The van der Waals surface area contributed by atoms with Crippen LogP contribution in [0.15, 0.2) is 0 Å². The summed E-state index contributed by atoms with van der Waals surface area (Å²) in [5.41, 5.74) is 0. The minimum atomic E-state index is 0. The highest BCUT2D eigenvalue weighted by Crippen LogP contribution is 2.14. The summed E-state index contributed by atoms with van der Waals surface area (Å²) in [5.74, 6) is 0.576. The van der Waals surface area contributed by atoms with E-state index in [0.717, 1.165) is 0 Å². The Hall–Kier alpha value is 0.440. The second kappa shape index (κ2) is 11.4. The van der Waals surface area contributed by atoms with Crippen molar-refractivity contribution in [2.45, 2.75) is 52.4 Å². The van der Waals surface area contributed by atoms with E-state index in [1.807, 2.05) is 0 Å². The topological polar surface area (TPSA) is 20.2 Å². The van der Waals surface area contributed by atoms with E-state index in [-0.39, 0.29) is 17.0 Å². The third kappa shape index (κ3) is 8.54. The van der Waals surface area contributed by atoms with Crippen molar-refractivity contribution in [1.82, 2.24) is 0 Å². The lowest BCUT2D eigenvalue weighted by Gasteiger charge is -2.11. The number of hydrogen-bond donors (Lipinski definition) is 1. The largest absolute Gasteiger partial charge is 0.396 e. The Morgan fingerprint density at radius 2 is 1.67 bits per heavy atom. The van der Waals surface area contributed by atoms with Gasteiger partial charge in [-0.3, -0.25) is 0 Å². The van der Waals surface area contributed by atoms with Crippen LogP contribution in [0.3, 0.4) is 0 Å². The molecule has 0 aromatic heterocycles. The number of unbranched alkanes of at least 4 members (excludes halogenated alkanes) is 2. The molecule has 0 heterocycles. The van der Waals surface area contributed by atoms with Crippen molar-refractivity contribution in [2.75, 3.05) is 6.61 Å². The summed E-state index contributed by atoms with van der Waals surface area (Å²) in [6.45, 7) is 4.79. The van der Waals surface area contributed by atoms with E-state index in [4.69, 9.17) is 5.11 Å². The zero-order valence-electron chi connectivity index (χ0n) is 8.38. The first kappa shape index (κ1) is 14.9. The van der Waals surface area contributed by atoms with Crippen LogP contribution in [-0.4, -0.2) is 11.7 Å². The van der Waals surface area contributed by atoms with Crippen molar-refractivity contribution in [3.05, 3.63) is 0 Å². The lowest BCUT2D eigenvalue weighted by atomic mass is 9.98. The molecule has 12 heavy (non-hydrogen) atoms. The molecule has 0 bridgehead atoms. The van der Waals surface area contributed by atoms with Crippen LogP contribution in [0.1, 0.15) is 52.4 Å². The minimum Gasteiger partial charge on any atom is -0.396 e. The number of aliphatic hydroxyl groups is 1. The lowest BCUT2D eigenvalue weighted by Crippen LogP contribution is -2.05. The van der Waals surface area contributed by atoms with Gasteiger partial charge in [-0.1, -0.05) is 39.5 Å². The summed E-state index contributed by atoms with van der Waals surface area (Å²) in [7, 11) is 0. The molecule has 0 radical (unpaired) electrons. The monoisotopic (exact) mass is 238 g/mol. The fourth-order valence-corrected chi connectivity index (χ4v) is 1.42. The highest BCUT2D eigenvalue weighted by atomic mass is 79.9. The average Bonchev–Trinajstić information content (AvgIpc) is 2.03. The van der Waals surface area contributed by atoms with Gasteiger partial charge in [-0.05, 0) is 18.8 Å². The molecule has 1 nitrogen and oxygen atoms in total. The first-order valence-electron chi connectivity index (χ1n) is 4.96. The number of halogens is 1. The van der Waals surface area contributed by atoms with Crippen LogP contribution in [0, 0.1) is 5.92 Å². The predicted octanol–water partition coefficient (Wildman–Crippen LogP) is 3.55. The molecule has 76 valence electrons. The number of aliphatic hydroxyl groups excluding tert-OH is 1. The molecule has 0 fully saturated rings. The fraction of sp³-hybridized carbons (Fsp3) is 1.00. The third-order valence-electron chi connectivity index (χ3n) is 2.17. The normalized spacial score (nSPS) is 12.2. The molecule has 0 saturated carbocycles. The van der Waals surface area contributed by atoms with Crippen LogP contribution in [0.25, 0.3) is 0 Å². The highest BCUT2D eigenvalue weighted by molar-refractivity contribution is 8.93. The quantitative estimate of drug-likeness (QED) is 0.673.